The summed E-state index contributed by atoms with van der Waals surface area (Å²) < 4.78 is 0. The summed E-state index contributed by atoms with van der Waals surface area (Å²) in [5.74, 6) is 0.366. The van der Waals surface area contributed by atoms with E-state index in [0.717, 1.165) is 33.1 Å². The molecule has 0 atom stereocenters. The molecule has 186 valence electrons. The van der Waals surface area contributed by atoms with Crippen LogP contribution < -0.4 is 10.6 Å². The van der Waals surface area contributed by atoms with Crippen LogP contribution >= 0.6 is 11.6 Å². The largest absolute Gasteiger partial charge is 0.369 e. The first-order valence-electron chi connectivity index (χ1n) is 12.2. The lowest BCUT2D eigenvalue weighted by atomic mass is 9.95. The molecule has 1 aliphatic heterocycles. The standard InChI is InChI=1S/C28H25ClN6O2/c1-2-24(36)34-9-11-35(12-10-34)26-20-14-21(29)19(15-22(20)31-16-32-26)25-18-6-4-3-5-17(18)13-23(33-25)28(7-8-28)27(30)37/h2-6,13-16H,1,7-12H2,(H2,30,37). The Labute approximate surface area is 218 Å². The fourth-order valence-electron chi connectivity index (χ4n) is 5.17. The Hall–Kier alpha value is -4.04. The van der Waals surface area contributed by atoms with Crippen LogP contribution in [0.5, 0.6) is 0 Å². The van der Waals surface area contributed by atoms with E-state index in [-0.39, 0.29) is 11.8 Å². The molecule has 2 aromatic heterocycles. The highest BCUT2D eigenvalue weighted by molar-refractivity contribution is 6.34. The third-order valence-electron chi connectivity index (χ3n) is 7.48. The van der Waals surface area contributed by atoms with Crippen molar-refractivity contribution in [3.63, 3.8) is 0 Å². The van der Waals surface area contributed by atoms with Crippen LogP contribution in [0.2, 0.25) is 5.02 Å². The summed E-state index contributed by atoms with van der Waals surface area (Å²) in [6.45, 7) is 6.05. The second-order valence-electron chi connectivity index (χ2n) is 9.59. The molecule has 0 bridgehead atoms. The Morgan fingerprint density at radius 2 is 1.78 bits per heavy atom. The van der Waals surface area contributed by atoms with Crippen LogP contribution in [-0.4, -0.2) is 57.8 Å². The van der Waals surface area contributed by atoms with E-state index >= 15 is 0 Å². The molecule has 8 nitrogen and oxygen atoms in total. The van der Waals surface area contributed by atoms with Gasteiger partial charge in [0.2, 0.25) is 11.8 Å². The maximum atomic E-state index is 12.3. The quantitative estimate of drug-likeness (QED) is 0.407. The monoisotopic (exact) mass is 512 g/mol. The van der Waals surface area contributed by atoms with E-state index in [9.17, 15) is 9.59 Å². The van der Waals surface area contributed by atoms with E-state index < -0.39 is 5.41 Å². The predicted octanol–water partition coefficient (Wildman–Crippen LogP) is 3.85. The highest BCUT2D eigenvalue weighted by Crippen LogP contribution is 2.49. The number of hydrogen-bond acceptors (Lipinski definition) is 6. The van der Waals surface area contributed by atoms with Crippen molar-refractivity contribution >= 4 is 50.9 Å². The molecule has 0 radical (unpaired) electrons. The van der Waals surface area contributed by atoms with Gasteiger partial charge in [-0.25, -0.2) is 9.97 Å². The molecule has 1 saturated heterocycles. The lowest BCUT2D eigenvalue weighted by Gasteiger charge is -2.35. The number of halogens is 1. The third kappa shape index (κ3) is 3.88. The van der Waals surface area contributed by atoms with Crippen LogP contribution in [0.1, 0.15) is 18.5 Å². The van der Waals surface area contributed by atoms with Gasteiger partial charge in [0.1, 0.15) is 12.1 Å². The molecule has 2 amide bonds. The number of carbonyl (C=O) groups excluding carboxylic acids is 2. The summed E-state index contributed by atoms with van der Waals surface area (Å²) in [5, 5.41) is 3.25. The number of fused-ring (bicyclic) bond motifs is 2. The molecule has 0 spiro atoms. The molecule has 0 unspecified atom stereocenters. The molecule has 2 aliphatic rings. The van der Waals surface area contributed by atoms with Crippen LogP contribution in [-0.2, 0) is 15.0 Å². The zero-order chi connectivity index (χ0) is 25.7. The second kappa shape index (κ2) is 8.81. The topological polar surface area (TPSA) is 105 Å². The molecule has 2 fully saturated rings. The van der Waals surface area contributed by atoms with Crippen LogP contribution in [0.4, 0.5) is 5.82 Å². The fraction of sp³-hybridized carbons (Fsp3) is 0.250. The molecule has 2 aromatic carbocycles. The first kappa shape index (κ1) is 23.4. The lowest BCUT2D eigenvalue weighted by Crippen LogP contribution is -2.48. The van der Waals surface area contributed by atoms with Crippen molar-refractivity contribution in [3.05, 3.63) is 72.2 Å². The van der Waals surface area contributed by atoms with E-state index in [1.165, 1.54) is 6.08 Å². The summed E-state index contributed by atoms with van der Waals surface area (Å²) in [5.41, 5.74) is 7.90. The molecule has 1 aliphatic carbocycles. The van der Waals surface area contributed by atoms with Gasteiger partial charge in [0.05, 0.1) is 27.3 Å². The van der Waals surface area contributed by atoms with E-state index in [0.29, 0.717) is 55.4 Å². The number of piperazine rings is 1. The first-order chi connectivity index (χ1) is 17.9. The fourth-order valence-corrected chi connectivity index (χ4v) is 5.42. The van der Waals surface area contributed by atoms with Crippen molar-refractivity contribution in [2.75, 3.05) is 31.1 Å². The summed E-state index contributed by atoms with van der Waals surface area (Å²) in [7, 11) is 0. The van der Waals surface area contributed by atoms with Crippen molar-refractivity contribution in [3.8, 4) is 11.3 Å². The minimum Gasteiger partial charge on any atom is -0.369 e. The van der Waals surface area contributed by atoms with E-state index in [4.69, 9.17) is 22.3 Å². The molecule has 37 heavy (non-hydrogen) atoms. The Balaban J connectivity index is 1.44. The van der Waals surface area contributed by atoms with Gasteiger partial charge >= 0.3 is 0 Å². The van der Waals surface area contributed by atoms with Crippen molar-refractivity contribution in [1.82, 2.24) is 19.9 Å². The summed E-state index contributed by atoms with van der Waals surface area (Å²) in [6, 6.07) is 13.7. The number of nitrogens with two attached hydrogens (primary N) is 1. The maximum absolute atomic E-state index is 12.3. The smallest absolute Gasteiger partial charge is 0.246 e. The van der Waals surface area contributed by atoms with Crippen LogP contribution in [0.15, 0.2) is 61.4 Å². The Kier molecular flexibility index (Phi) is 5.56. The van der Waals surface area contributed by atoms with E-state index in [1.807, 2.05) is 42.5 Å². The number of aromatic nitrogens is 3. The van der Waals surface area contributed by atoms with E-state index in [2.05, 4.69) is 21.4 Å². The normalized spacial score (nSPS) is 16.7. The van der Waals surface area contributed by atoms with Crippen LogP contribution in [0, 0.1) is 0 Å². The molecule has 6 rings (SSSR count). The average molecular weight is 513 g/mol. The maximum Gasteiger partial charge on any atom is 0.246 e. The van der Waals surface area contributed by atoms with Crippen LogP contribution in [0.25, 0.3) is 32.9 Å². The third-order valence-corrected chi connectivity index (χ3v) is 7.79. The molecule has 3 heterocycles. The van der Waals surface area contributed by atoms with Crippen LogP contribution in [0.3, 0.4) is 0 Å². The van der Waals surface area contributed by atoms with Gasteiger partial charge in [-0.15, -0.1) is 0 Å². The molecular formula is C28H25ClN6O2. The summed E-state index contributed by atoms with van der Waals surface area (Å²) in [4.78, 5) is 42.2. The van der Waals surface area contributed by atoms with Gasteiger partial charge < -0.3 is 15.5 Å². The van der Waals surface area contributed by atoms with Crippen molar-refractivity contribution in [2.24, 2.45) is 5.73 Å². The molecule has 2 N–H and O–H groups in total. The van der Waals surface area contributed by atoms with Gasteiger partial charge in [0.25, 0.3) is 0 Å². The van der Waals surface area contributed by atoms with Crippen molar-refractivity contribution in [1.29, 1.82) is 0 Å². The minimum absolute atomic E-state index is 0.0637. The number of hydrogen-bond donors (Lipinski definition) is 1. The number of anilines is 1. The van der Waals surface area contributed by atoms with Gasteiger partial charge in [-0.3, -0.25) is 14.6 Å². The number of primary amides is 1. The Morgan fingerprint density at radius 3 is 2.49 bits per heavy atom. The average Bonchev–Trinajstić information content (AvgIpc) is 3.74. The van der Waals surface area contributed by atoms with Gasteiger partial charge in [-0.1, -0.05) is 42.4 Å². The Bertz CT molecular complexity index is 1590. The number of benzene rings is 2. The SMILES string of the molecule is C=CC(=O)N1CCN(c2ncnc3cc(-c4nc(C5(C(N)=O)CC5)cc5ccccc45)c(Cl)cc23)CC1. The molecular weight excluding hydrogens is 488 g/mol. The Morgan fingerprint density at radius 1 is 1.03 bits per heavy atom. The summed E-state index contributed by atoms with van der Waals surface area (Å²) in [6.07, 6.45) is 4.28. The van der Waals surface area contributed by atoms with Crippen molar-refractivity contribution in [2.45, 2.75) is 18.3 Å². The highest BCUT2D eigenvalue weighted by atomic mass is 35.5. The van der Waals surface area contributed by atoms with Gasteiger partial charge in [0, 0.05) is 42.5 Å². The van der Waals surface area contributed by atoms with Gasteiger partial charge in [-0.2, -0.15) is 0 Å². The number of amides is 2. The van der Waals surface area contributed by atoms with Gasteiger partial charge in [-0.05, 0) is 42.5 Å². The lowest BCUT2D eigenvalue weighted by molar-refractivity contribution is -0.126. The predicted molar refractivity (Wildman–Crippen MR) is 144 cm³/mol. The number of rotatable bonds is 5. The van der Waals surface area contributed by atoms with E-state index in [1.54, 1.807) is 11.2 Å². The molecule has 9 heteroatoms. The summed E-state index contributed by atoms with van der Waals surface area (Å²) >= 11 is 6.91. The first-order valence-corrected chi connectivity index (χ1v) is 12.6. The minimum atomic E-state index is -0.716. The van der Waals surface area contributed by atoms with Crippen molar-refractivity contribution < 1.29 is 9.59 Å². The second-order valence-corrected chi connectivity index (χ2v) is 9.99. The molecule has 1 saturated carbocycles. The zero-order valence-electron chi connectivity index (χ0n) is 20.2. The zero-order valence-corrected chi connectivity index (χ0v) is 20.9. The number of pyridine rings is 1. The van der Waals surface area contributed by atoms with Gasteiger partial charge in [0.15, 0.2) is 0 Å². The number of carbonyl (C=O) groups is 2. The molecule has 4 aromatic rings. The number of nitrogens with zero attached hydrogens (tertiary/aromatic N) is 5. The highest BCUT2D eigenvalue weighted by Gasteiger charge is 2.51.